The van der Waals surface area contributed by atoms with Crippen molar-refractivity contribution >= 4 is 38.4 Å². The first-order valence-electron chi connectivity index (χ1n) is 6.48. The molecule has 0 bridgehead atoms. The zero-order chi connectivity index (χ0) is 14.9. The Morgan fingerprint density at radius 1 is 1.48 bits per heavy atom. The second kappa shape index (κ2) is 7.28. The molecule has 0 radical (unpaired) electrons. The van der Waals surface area contributed by atoms with Gasteiger partial charge in [0.25, 0.3) is 0 Å². The predicted octanol–water partition coefficient (Wildman–Crippen LogP) is 2.30. The maximum Gasteiger partial charge on any atom is 0.247 e. The molecule has 1 aliphatic rings. The summed E-state index contributed by atoms with van der Waals surface area (Å²) in [5, 5.41) is 0. The van der Waals surface area contributed by atoms with Crippen molar-refractivity contribution in [3.8, 4) is 5.75 Å². The fourth-order valence-electron chi connectivity index (χ4n) is 2.49. The van der Waals surface area contributed by atoms with Crippen molar-refractivity contribution in [2.45, 2.75) is 30.7 Å². The van der Waals surface area contributed by atoms with Gasteiger partial charge in [0, 0.05) is 23.6 Å². The Kier molecular flexibility index (Phi) is 6.49. The summed E-state index contributed by atoms with van der Waals surface area (Å²) in [5.74, 6) is 0.369. The fraction of sp³-hybridized carbons (Fsp3) is 0.538. The van der Waals surface area contributed by atoms with Gasteiger partial charge in [0.05, 0.1) is 7.11 Å². The molecule has 21 heavy (non-hydrogen) atoms. The molecule has 120 valence electrons. The van der Waals surface area contributed by atoms with E-state index in [1.165, 1.54) is 11.4 Å². The highest BCUT2D eigenvalue weighted by molar-refractivity contribution is 9.10. The van der Waals surface area contributed by atoms with Crippen LogP contribution in [-0.2, 0) is 10.0 Å². The summed E-state index contributed by atoms with van der Waals surface area (Å²) in [6.45, 7) is 2.75. The maximum absolute atomic E-state index is 12.8. The molecule has 1 aliphatic heterocycles. The molecule has 1 unspecified atom stereocenters. The Morgan fingerprint density at radius 2 is 2.14 bits per heavy atom. The number of methoxy groups -OCH3 is 1. The van der Waals surface area contributed by atoms with Crippen LogP contribution in [0.4, 0.5) is 0 Å². The number of hydrogen-bond donors (Lipinski definition) is 1. The van der Waals surface area contributed by atoms with Gasteiger partial charge in [-0.1, -0.05) is 15.9 Å². The van der Waals surface area contributed by atoms with Gasteiger partial charge in [-0.25, -0.2) is 8.42 Å². The molecule has 2 rings (SSSR count). The SMILES string of the molecule is COc1cc(C)c(Br)cc1S(=O)(=O)N1CCCC1CN.Cl. The molecule has 1 atom stereocenters. The number of halogens is 2. The van der Waals surface area contributed by atoms with Crippen LogP contribution in [0.25, 0.3) is 0 Å². The number of nitrogens with two attached hydrogens (primary N) is 1. The lowest BCUT2D eigenvalue weighted by Gasteiger charge is -2.24. The Hall–Kier alpha value is -0.340. The lowest BCUT2D eigenvalue weighted by Crippen LogP contribution is -2.40. The van der Waals surface area contributed by atoms with Crippen LogP contribution in [0, 0.1) is 6.92 Å². The molecule has 2 N–H and O–H groups in total. The molecule has 1 aromatic carbocycles. The van der Waals surface area contributed by atoms with Crippen molar-refractivity contribution in [2.24, 2.45) is 5.73 Å². The average molecular weight is 400 g/mol. The molecule has 1 fully saturated rings. The van der Waals surface area contributed by atoms with Crippen molar-refractivity contribution < 1.29 is 13.2 Å². The number of sulfonamides is 1. The number of aryl methyl sites for hydroxylation is 1. The molecule has 0 amide bonds. The van der Waals surface area contributed by atoms with Gasteiger partial charge in [-0.15, -0.1) is 12.4 Å². The topological polar surface area (TPSA) is 72.6 Å². The van der Waals surface area contributed by atoms with E-state index < -0.39 is 10.0 Å². The number of ether oxygens (including phenoxy) is 1. The Balaban J connectivity index is 0.00000220. The minimum Gasteiger partial charge on any atom is -0.495 e. The third kappa shape index (κ3) is 3.53. The molecule has 5 nitrogen and oxygen atoms in total. The zero-order valence-electron chi connectivity index (χ0n) is 12.0. The molecule has 0 saturated carbocycles. The molecule has 0 spiro atoms. The van der Waals surface area contributed by atoms with E-state index in [9.17, 15) is 8.42 Å². The minimum absolute atomic E-state index is 0. The van der Waals surface area contributed by atoms with Crippen molar-refractivity contribution in [1.82, 2.24) is 4.31 Å². The first-order valence-corrected chi connectivity index (χ1v) is 8.71. The number of nitrogens with zero attached hydrogens (tertiary/aromatic N) is 1. The first-order chi connectivity index (χ1) is 9.41. The monoisotopic (exact) mass is 398 g/mol. The summed E-state index contributed by atoms with van der Waals surface area (Å²) in [7, 11) is -2.11. The predicted molar refractivity (Wildman–Crippen MR) is 88.6 cm³/mol. The van der Waals surface area contributed by atoms with E-state index in [4.69, 9.17) is 10.5 Å². The van der Waals surface area contributed by atoms with Crippen LogP contribution >= 0.6 is 28.3 Å². The van der Waals surface area contributed by atoms with Crippen molar-refractivity contribution in [1.29, 1.82) is 0 Å². The zero-order valence-corrected chi connectivity index (χ0v) is 15.2. The lowest BCUT2D eigenvalue weighted by molar-refractivity contribution is 0.379. The van der Waals surface area contributed by atoms with E-state index in [0.717, 1.165) is 22.9 Å². The Labute approximate surface area is 140 Å². The van der Waals surface area contributed by atoms with E-state index in [1.807, 2.05) is 6.92 Å². The van der Waals surface area contributed by atoms with Gasteiger partial charge >= 0.3 is 0 Å². The van der Waals surface area contributed by atoms with E-state index in [2.05, 4.69) is 15.9 Å². The second-order valence-electron chi connectivity index (χ2n) is 4.90. The second-order valence-corrected chi connectivity index (χ2v) is 7.61. The molecule has 1 heterocycles. The largest absolute Gasteiger partial charge is 0.495 e. The van der Waals surface area contributed by atoms with Gasteiger partial charge in [0.15, 0.2) is 0 Å². The van der Waals surface area contributed by atoms with Gasteiger partial charge in [0.1, 0.15) is 10.6 Å². The summed E-state index contributed by atoms with van der Waals surface area (Å²) in [6, 6.07) is 3.21. The number of benzene rings is 1. The molecular formula is C13H20BrClN2O3S. The van der Waals surface area contributed by atoms with Crippen LogP contribution in [0.3, 0.4) is 0 Å². The van der Waals surface area contributed by atoms with Crippen LogP contribution in [0.1, 0.15) is 18.4 Å². The highest BCUT2D eigenvalue weighted by Gasteiger charge is 2.36. The Morgan fingerprint density at radius 3 is 2.71 bits per heavy atom. The number of hydrogen-bond acceptors (Lipinski definition) is 4. The van der Waals surface area contributed by atoms with E-state index >= 15 is 0 Å². The van der Waals surface area contributed by atoms with Gasteiger partial charge in [0.2, 0.25) is 10.0 Å². The minimum atomic E-state index is -3.58. The van der Waals surface area contributed by atoms with Crippen LogP contribution in [0.5, 0.6) is 5.75 Å². The van der Waals surface area contributed by atoms with Crippen LogP contribution in [0.2, 0.25) is 0 Å². The third-order valence-electron chi connectivity index (χ3n) is 3.63. The third-order valence-corrected chi connectivity index (χ3v) is 6.45. The van der Waals surface area contributed by atoms with Gasteiger partial charge in [-0.2, -0.15) is 4.31 Å². The fourth-order valence-corrected chi connectivity index (χ4v) is 4.85. The van der Waals surface area contributed by atoms with E-state index in [-0.39, 0.29) is 23.3 Å². The smallest absolute Gasteiger partial charge is 0.247 e. The van der Waals surface area contributed by atoms with E-state index in [0.29, 0.717) is 18.8 Å². The first kappa shape index (κ1) is 18.7. The maximum atomic E-state index is 12.8. The van der Waals surface area contributed by atoms with Gasteiger partial charge in [-0.05, 0) is 37.5 Å². The van der Waals surface area contributed by atoms with Crippen molar-refractivity contribution in [2.75, 3.05) is 20.2 Å². The highest BCUT2D eigenvalue weighted by Crippen LogP contribution is 2.34. The van der Waals surface area contributed by atoms with Gasteiger partial charge < -0.3 is 10.5 Å². The van der Waals surface area contributed by atoms with Crippen LogP contribution in [-0.4, -0.2) is 39.0 Å². The lowest BCUT2D eigenvalue weighted by atomic mass is 10.2. The van der Waals surface area contributed by atoms with E-state index in [1.54, 1.807) is 12.1 Å². The molecule has 1 aromatic rings. The summed E-state index contributed by atoms with van der Waals surface area (Å²) in [5.41, 5.74) is 6.61. The summed E-state index contributed by atoms with van der Waals surface area (Å²) < 4.78 is 33.1. The molecule has 0 aromatic heterocycles. The standard InChI is InChI=1S/C13H19BrN2O3S.ClH/c1-9-6-12(19-2)13(7-11(9)14)20(17,18)16-5-3-4-10(16)8-15;/h6-7,10H,3-5,8,15H2,1-2H3;1H. The summed E-state index contributed by atoms with van der Waals surface area (Å²) in [4.78, 5) is 0.192. The summed E-state index contributed by atoms with van der Waals surface area (Å²) in [6.07, 6.45) is 1.65. The Bertz CT molecular complexity index is 610. The normalized spacial score (nSPS) is 19.3. The van der Waals surface area contributed by atoms with Crippen LogP contribution in [0.15, 0.2) is 21.5 Å². The molecule has 1 saturated heterocycles. The molecule has 8 heteroatoms. The summed E-state index contributed by atoms with van der Waals surface area (Å²) >= 11 is 3.38. The van der Waals surface area contributed by atoms with Crippen molar-refractivity contribution in [3.05, 3.63) is 22.2 Å². The number of rotatable bonds is 4. The van der Waals surface area contributed by atoms with Gasteiger partial charge in [-0.3, -0.25) is 0 Å². The van der Waals surface area contributed by atoms with Crippen LogP contribution < -0.4 is 10.5 Å². The van der Waals surface area contributed by atoms with Crippen molar-refractivity contribution in [3.63, 3.8) is 0 Å². The molecule has 0 aliphatic carbocycles. The molecular weight excluding hydrogens is 380 g/mol. The highest BCUT2D eigenvalue weighted by atomic mass is 79.9. The average Bonchev–Trinajstić information content (AvgIpc) is 2.90. The quantitative estimate of drug-likeness (QED) is 0.843.